The average molecular weight is 634 g/mol. The molecule has 0 fully saturated rings. The quantitative estimate of drug-likeness (QED) is 0.0323. The fraction of sp³-hybridized carbons (Fsp3) is 0.879. The minimum absolute atomic E-state index is 0.0547. The van der Waals surface area contributed by atoms with Crippen LogP contribution in [0.1, 0.15) is 155 Å². The van der Waals surface area contributed by atoms with Crippen LogP contribution in [0.3, 0.4) is 0 Å². The van der Waals surface area contributed by atoms with Gasteiger partial charge in [0.1, 0.15) is 6.61 Å². The number of nitrogens with two attached hydrogens (primary N) is 1. The number of phosphoric ester groups is 1. The number of allylic oxidation sites excluding steroid dienone is 2. The van der Waals surface area contributed by atoms with Crippen molar-refractivity contribution in [1.82, 2.24) is 0 Å². The van der Waals surface area contributed by atoms with Gasteiger partial charge in [-0.3, -0.25) is 18.6 Å². The van der Waals surface area contributed by atoms with Crippen molar-refractivity contribution in [3.05, 3.63) is 12.2 Å². The van der Waals surface area contributed by atoms with Gasteiger partial charge in [-0.15, -0.1) is 0 Å². The van der Waals surface area contributed by atoms with Gasteiger partial charge in [0.2, 0.25) is 0 Å². The van der Waals surface area contributed by atoms with Crippen LogP contribution in [0, 0.1) is 0 Å². The highest BCUT2D eigenvalue weighted by atomic mass is 31.2. The molecule has 0 rings (SSSR count). The van der Waals surface area contributed by atoms with Crippen LogP contribution in [0.25, 0.3) is 0 Å². The summed E-state index contributed by atoms with van der Waals surface area (Å²) in [4.78, 5) is 34.4. The van der Waals surface area contributed by atoms with E-state index >= 15 is 0 Å². The lowest BCUT2D eigenvalue weighted by atomic mass is 10.1. The highest BCUT2D eigenvalue weighted by Gasteiger charge is 2.25. The first-order chi connectivity index (χ1) is 20.8. The van der Waals surface area contributed by atoms with E-state index in [0.29, 0.717) is 6.42 Å². The summed E-state index contributed by atoms with van der Waals surface area (Å²) in [5.41, 5.74) is 5.31. The summed E-state index contributed by atoms with van der Waals surface area (Å²) in [5, 5.41) is 0. The number of carbonyl (C=O) groups excluding carboxylic acids is 2. The van der Waals surface area contributed by atoms with Gasteiger partial charge in [-0.25, -0.2) is 4.57 Å². The first-order valence-corrected chi connectivity index (χ1v) is 18.7. The maximum atomic E-state index is 12.4. The molecule has 0 aromatic heterocycles. The molecular formula is C33H64NO8P. The van der Waals surface area contributed by atoms with Gasteiger partial charge < -0.3 is 20.1 Å². The van der Waals surface area contributed by atoms with Crippen molar-refractivity contribution in [3.8, 4) is 0 Å². The van der Waals surface area contributed by atoms with Crippen LogP contribution in [0.4, 0.5) is 0 Å². The van der Waals surface area contributed by atoms with Gasteiger partial charge in [-0.1, -0.05) is 116 Å². The first-order valence-electron chi connectivity index (χ1n) is 17.2. The minimum Gasteiger partial charge on any atom is -0.462 e. The van der Waals surface area contributed by atoms with Gasteiger partial charge in [-0.2, -0.15) is 0 Å². The number of phosphoric acid groups is 1. The minimum atomic E-state index is -4.36. The van der Waals surface area contributed by atoms with E-state index in [1.807, 2.05) is 0 Å². The second-order valence-corrected chi connectivity index (χ2v) is 12.8. The molecule has 3 N–H and O–H groups in total. The molecule has 0 amide bonds. The molecule has 2 atom stereocenters. The summed E-state index contributed by atoms with van der Waals surface area (Å²) in [6.07, 6.45) is 26.9. The summed E-state index contributed by atoms with van der Waals surface area (Å²) in [5.74, 6) is -0.839. The smallest absolute Gasteiger partial charge is 0.462 e. The second-order valence-electron chi connectivity index (χ2n) is 11.4. The van der Waals surface area contributed by atoms with Crippen LogP contribution in [-0.4, -0.2) is 49.3 Å². The van der Waals surface area contributed by atoms with Crippen LogP contribution in [0.15, 0.2) is 12.2 Å². The normalized spacial score (nSPS) is 13.7. The predicted molar refractivity (Wildman–Crippen MR) is 174 cm³/mol. The van der Waals surface area contributed by atoms with Crippen molar-refractivity contribution in [3.63, 3.8) is 0 Å². The topological polar surface area (TPSA) is 134 Å². The van der Waals surface area contributed by atoms with E-state index in [4.69, 9.17) is 24.3 Å². The lowest BCUT2D eigenvalue weighted by Gasteiger charge is -2.19. The van der Waals surface area contributed by atoms with E-state index in [1.165, 1.54) is 77.0 Å². The molecule has 1 unspecified atom stereocenters. The molecule has 0 aliphatic heterocycles. The highest BCUT2D eigenvalue weighted by Crippen LogP contribution is 2.43. The maximum absolute atomic E-state index is 12.4. The largest absolute Gasteiger partial charge is 0.472 e. The van der Waals surface area contributed by atoms with E-state index in [1.54, 1.807) is 0 Å². The monoisotopic (exact) mass is 633 g/mol. The van der Waals surface area contributed by atoms with Crippen LogP contribution < -0.4 is 5.73 Å². The number of unbranched alkanes of at least 4 members (excludes halogenated alkanes) is 17. The molecule has 0 saturated carbocycles. The summed E-state index contributed by atoms with van der Waals surface area (Å²) in [6.45, 7) is 3.65. The molecule has 0 heterocycles. The third kappa shape index (κ3) is 30.6. The fourth-order valence-corrected chi connectivity index (χ4v) is 5.33. The van der Waals surface area contributed by atoms with Crippen molar-refractivity contribution in [1.29, 1.82) is 0 Å². The van der Waals surface area contributed by atoms with Crippen LogP contribution in [-0.2, 0) is 32.7 Å². The summed E-state index contributed by atoms with van der Waals surface area (Å²) >= 11 is 0. The molecule has 0 radical (unpaired) electrons. The summed E-state index contributed by atoms with van der Waals surface area (Å²) in [6, 6.07) is 0. The standard InChI is InChI=1S/C33H64NO8P/c1-3-5-7-9-11-12-13-14-15-16-17-18-20-22-24-26-33(36)42-31(30-41-43(37,38)40-28-27-34)29-39-32(35)25-23-21-19-10-8-6-4-2/h12-13,31H,3-11,14-30,34H2,1-2H3,(H,37,38)/b13-12+/t31-/m1/s1. The molecule has 0 aliphatic carbocycles. The number of carbonyl (C=O) groups is 2. The molecule has 0 aromatic carbocycles. The van der Waals surface area contributed by atoms with Crippen LogP contribution >= 0.6 is 7.82 Å². The Hall–Kier alpha value is -1.25. The van der Waals surface area contributed by atoms with Gasteiger partial charge >= 0.3 is 19.8 Å². The number of hydrogen-bond donors (Lipinski definition) is 2. The lowest BCUT2D eigenvalue weighted by molar-refractivity contribution is -0.161. The van der Waals surface area contributed by atoms with Crippen molar-refractivity contribution >= 4 is 19.8 Å². The Kier molecular flexibility index (Phi) is 29.9. The highest BCUT2D eigenvalue weighted by molar-refractivity contribution is 7.47. The zero-order valence-corrected chi connectivity index (χ0v) is 28.3. The Morgan fingerprint density at radius 2 is 1.14 bits per heavy atom. The van der Waals surface area contributed by atoms with Crippen LogP contribution in [0.2, 0.25) is 0 Å². The predicted octanol–water partition coefficient (Wildman–Crippen LogP) is 8.71. The van der Waals surface area contributed by atoms with Gasteiger partial charge in [0.05, 0.1) is 13.2 Å². The van der Waals surface area contributed by atoms with Gasteiger partial charge in [-0.05, 0) is 38.5 Å². The Morgan fingerprint density at radius 3 is 1.67 bits per heavy atom. The molecule has 254 valence electrons. The molecule has 0 bridgehead atoms. The van der Waals surface area contributed by atoms with E-state index in [2.05, 4.69) is 26.0 Å². The molecule has 10 heteroatoms. The molecular weight excluding hydrogens is 569 g/mol. The molecule has 0 saturated heterocycles. The van der Waals surface area contributed by atoms with E-state index in [0.717, 1.165) is 44.9 Å². The Balaban J connectivity index is 4.22. The lowest BCUT2D eigenvalue weighted by Crippen LogP contribution is -2.29. The van der Waals surface area contributed by atoms with Crippen molar-refractivity contribution in [2.45, 2.75) is 161 Å². The number of hydrogen-bond acceptors (Lipinski definition) is 8. The van der Waals surface area contributed by atoms with E-state index < -0.39 is 26.5 Å². The van der Waals surface area contributed by atoms with E-state index in [9.17, 15) is 19.0 Å². The average Bonchev–Trinajstić information content (AvgIpc) is 2.99. The van der Waals surface area contributed by atoms with Crippen LogP contribution in [0.5, 0.6) is 0 Å². The summed E-state index contributed by atoms with van der Waals surface area (Å²) in [7, 11) is -4.36. The zero-order chi connectivity index (χ0) is 31.9. The number of rotatable bonds is 32. The van der Waals surface area contributed by atoms with Crippen molar-refractivity contribution in [2.75, 3.05) is 26.4 Å². The molecule has 0 aliphatic rings. The van der Waals surface area contributed by atoms with Gasteiger partial charge in [0, 0.05) is 19.4 Å². The zero-order valence-electron chi connectivity index (χ0n) is 27.4. The SMILES string of the molecule is CCCCCC/C=C/CCCCCCCCCC(=O)O[C@H](COC(=O)CCCCCCCCC)COP(=O)(O)OCCN. The fourth-order valence-electron chi connectivity index (χ4n) is 4.57. The second kappa shape index (κ2) is 30.8. The molecule has 9 nitrogen and oxygen atoms in total. The Bertz CT molecular complexity index is 734. The third-order valence-corrected chi connectivity index (χ3v) is 8.14. The van der Waals surface area contributed by atoms with E-state index in [-0.39, 0.29) is 38.6 Å². The number of esters is 2. The molecule has 0 aromatic rings. The first kappa shape index (κ1) is 41.8. The van der Waals surface area contributed by atoms with Crippen molar-refractivity contribution < 1.29 is 37.6 Å². The molecule has 0 spiro atoms. The van der Waals surface area contributed by atoms with Gasteiger partial charge in [0.15, 0.2) is 6.10 Å². The third-order valence-electron chi connectivity index (χ3n) is 7.15. The molecule has 43 heavy (non-hydrogen) atoms. The summed E-state index contributed by atoms with van der Waals surface area (Å²) < 4.78 is 32.4. The van der Waals surface area contributed by atoms with Gasteiger partial charge in [0.25, 0.3) is 0 Å². The number of ether oxygens (including phenoxy) is 2. The van der Waals surface area contributed by atoms with Crippen molar-refractivity contribution in [2.24, 2.45) is 5.73 Å². The maximum Gasteiger partial charge on any atom is 0.472 e. The Labute approximate surface area is 262 Å². The Morgan fingerprint density at radius 1 is 0.674 bits per heavy atom.